The molecule has 0 saturated carbocycles. The number of rotatable bonds is 5. The standard InChI is InChI=1S/C17H17ClNO3/c1-3-22-17(21)14-8-10-19(11-9-14)12(2)16(20)13-4-6-15(18)7-5-13/h4-12H,3H2,1-2H3/q+1. The molecular weight excluding hydrogens is 302 g/mol. The molecule has 1 aromatic carbocycles. The summed E-state index contributed by atoms with van der Waals surface area (Å²) in [4.78, 5) is 24.0. The Kier molecular flexibility index (Phi) is 5.28. The molecular formula is C17H17ClNO3+. The Morgan fingerprint density at radius 1 is 1.09 bits per heavy atom. The Bertz CT molecular complexity index is 665. The maximum Gasteiger partial charge on any atom is 0.338 e. The van der Waals surface area contributed by atoms with Crippen molar-refractivity contribution >= 4 is 23.4 Å². The van der Waals surface area contributed by atoms with Crippen LogP contribution < -0.4 is 4.57 Å². The lowest BCUT2D eigenvalue weighted by molar-refractivity contribution is -0.704. The molecule has 0 radical (unpaired) electrons. The number of halogens is 1. The van der Waals surface area contributed by atoms with Gasteiger partial charge in [0, 0.05) is 29.6 Å². The first-order valence-corrected chi connectivity index (χ1v) is 7.38. The van der Waals surface area contributed by atoms with E-state index in [0.717, 1.165) is 0 Å². The number of pyridine rings is 1. The Morgan fingerprint density at radius 2 is 1.68 bits per heavy atom. The average molecular weight is 319 g/mol. The number of Topliss-reactive ketones (excluding diaryl/α,β-unsaturated/α-hetero) is 1. The van der Waals surface area contributed by atoms with E-state index >= 15 is 0 Å². The highest BCUT2D eigenvalue weighted by molar-refractivity contribution is 6.30. The predicted molar refractivity (Wildman–Crippen MR) is 83.1 cm³/mol. The molecule has 22 heavy (non-hydrogen) atoms. The molecule has 0 bridgehead atoms. The summed E-state index contributed by atoms with van der Waals surface area (Å²) in [5, 5.41) is 0.593. The smallest absolute Gasteiger partial charge is 0.338 e. The molecule has 1 unspecified atom stereocenters. The maximum absolute atomic E-state index is 12.4. The number of esters is 1. The summed E-state index contributed by atoms with van der Waals surface area (Å²) in [7, 11) is 0. The van der Waals surface area contributed by atoms with Gasteiger partial charge in [0.25, 0.3) is 0 Å². The Morgan fingerprint density at radius 3 is 2.23 bits per heavy atom. The van der Waals surface area contributed by atoms with Crippen molar-refractivity contribution in [2.45, 2.75) is 19.9 Å². The van der Waals surface area contributed by atoms with Crippen LogP contribution in [0.3, 0.4) is 0 Å². The number of nitrogens with zero attached hydrogens (tertiary/aromatic N) is 1. The average Bonchev–Trinajstić information content (AvgIpc) is 2.54. The van der Waals surface area contributed by atoms with E-state index in [1.165, 1.54) is 0 Å². The molecule has 1 aromatic heterocycles. The topological polar surface area (TPSA) is 47.2 Å². The molecule has 2 rings (SSSR count). The van der Waals surface area contributed by atoms with Gasteiger partial charge in [0.05, 0.1) is 12.2 Å². The lowest BCUT2D eigenvalue weighted by atomic mass is 10.1. The summed E-state index contributed by atoms with van der Waals surface area (Å²) in [6.45, 7) is 3.90. The minimum atomic E-state index is -0.377. The summed E-state index contributed by atoms with van der Waals surface area (Å²) in [5.41, 5.74) is 1.06. The fourth-order valence-corrected chi connectivity index (χ4v) is 2.16. The summed E-state index contributed by atoms with van der Waals surface area (Å²) in [6, 6.07) is 9.69. The van der Waals surface area contributed by atoms with Gasteiger partial charge in [-0.3, -0.25) is 4.79 Å². The molecule has 0 fully saturated rings. The summed E-state index contributed by atoms with van der Waals surface area (Å²) >= 11 is 5.83. The van der Waals surface area contributed by atoms with Gasteiger partial charge < -0.3 is 4.74 Å². The molecule has 1 atom stereocenters. The molecule has 5 heteroatoms. The highest BCUT2D eigenvalue weighted by Crippen LogP contribution is 2.13. The minimum Gasteiger partial charge on any atom is -0.462 e. The van der Waals surface area contributed by atoms with E-state index < -0.39 is 0 Å². The number of benzene rings is 1. The molecule has 4 nitrogen and oxygen atoms in total. The molecule has 0 amide bonds. The van der Waals surface area contributed by atoms with Crippen molar-refractivity contribution in [3.63, 3.8) is 0 Å². The number of carbonyl (C=O) groups excluding carboxylic acids is 2. The van der Waals surface area contributed by atoms with Gasteiger partial charge in [0.1, 0.15) is 0 Å². The molecule has 114 valence electrons. The summed E-state index contributed by atoms with van der Waals surface area (Å²) < 4.78 is 6.68. The van der Waals surface area contributed by atoms with Crippen molar-refractivity contribution in [1.29, 1.82) is 0 Å². The van der Waals surface area contributed by atoms with E-state index in [2.05, 4.69) is 0 Å². The molecule has 1 heterocycles. The maximum atomic E-state index is 12.4. The molecule has 2 aromatic rings. The predicted octanol–water partition coefficient (Wildman–Crippen LogP) is 3.25. The fourth-order valence-electron chi connectivity index (χ4n) is 2.04. The molecule has 0 N–H and O–H groups in total. The van der Waals surface area contributed by atoms with E-state index in [1.807, 2.05) is 0 Å². The zero-order valence-electron chi connectivity index (χ0n) is 12.5. The van der Waals surface area contributed by atoms with Crippen LogP contribution in [0.2, 0.25) is 5.02 Å². The van der Waals surface area contributed by atoms with Crippen molar-refractivity contribution in [2.24, 2.45) is 0 Å². The van der Waals surface area contributed by atoms with Crippen LogP contribution in [0.15, 0.2) is 48.8 Å². The normalized spacial score (nSPS) is 11.8. The van der Waals surface area contributed by atoms with Crippen LogP contribution in [0.1, 0.15) is 40.6 Å². The third-order valence-corrected chi connectivity index (χ3v) is 3.57. The fraction of sp³-hybridized carbons (Fsp3) is 0.235. The lowest BCUT2D eigenvalue weighted by Crippen LogP contribution is -2.41. The van der Waals surface area contributed by atoms with E-state index in [4.69, 9.17) is 16.3 Å². The van der Waals surface area contributed by atoms with Crippen LogP contribution >= 0.6 is 11.6 Å². The third-order valence-electron chi connectivity index (χ3n) is 3.32. The van der Waals surface area contributed by atoms with E-state index in [-0.39, 0.29) is 17.8 Å². The van der Waals surface area contributed by atoms with Crippen LogP contribution in [0.5, 0.6) is 0 Å². The van der Waals surface area contributed by atoms with Crippen molar-refractivity contribution < 1.29 is 18.9 Å². The first-order valence-electron chi connectivity index (χ1n) is 7.00. The van der Waals surface area contributed by atoms with Gasteiger partial charge in [0.15, 0.2) is 12.4 Å². The largest absolute Gasteiger partial charge is 0.462 e. The van der Waals surface area contributed by atoms with Crippen molar-refractivity contribution in [2.75, 3.05) is 6.61 Å². The number of hydrogen-bond acceptors (Lipinski definition) is 3. The van der Waals surface area contributed by atoms with Gasteiger partial charge in [-0.2, -0.15) is 4.57 Å². The second kappa shape index (κ2) is 7.18. The number of aromatic nitrogens is 1. The van der Waals surface area contributed by atoms with E-state index in [1.54, 1.807) is 67.2 Å². The van der Waals surface area contributed by atoms with Crippen LogP contribution in [0, 0.1) is 0 Å². The Balaban J connectivity index is 2.15. The highest BCUT2D eigenvalue weighted by Gasteiger charge is 2.23. The lowest BCUT2D eigenvalue weighted by Gasteiger charge is -2.07. The van der Waals surface area contributed by atoms with Gasteiger partial charge in [-0.1, -0.05) is 11.6 Å². The Labute approximate surface area is 134 Å². The second-order valence-electron chi connectivity index (χ2n) is 4.80. The number of ketones is 1. The van der Waals surface area contributed by atoms with Crippen LogP contribution in [-0.4, -0.2) is 18.4 Å². The number of carbonyl (C=O) groups is 2. The van der Waals surface area contributed by atoms with Gasteiger partial charge >= 0.3 is 5.97 Å². The monoisotopic (exact) mass is 318 g/mol. The molecule has 0 aliphatic carbocycles. The Hall–Kier alpha value is -2.20. The van der Waals surface area contributed by atoms with Crippen molar-refractivity contribution in [3.05, 3.63) is 64.9 Å². The van der Waals surface area contributed by atoms with Crippen molar-refractivity contribution in [1.82, 2.24) is 0 Å². The first-order chi connectivity index (χ1) is 10.5. The van der Waals surface area contributed by atoms with Crippen molar-refractivity contribution in [3.8, 4) is 0 Å². The quantitative estimate of drug-likeness (QED) is 0.483. The summed E-state index contributed by atoms with van der Waals surface area (Å²) in [5.74, 6) is -0.392. The van der Waals surface area contributed by atoms with Gasteiger partial charge in [-0.15, -0.1) is 0 Å². The van der Waals surface area contributed by atoms with Crippen LogP contribution in [0.4, 0.5) is 0 Å². The molecule has 0 saturated heterocycles. The molecule has 0 aliphatic heterocycles. The summed E-state index contributed by atoms with van der Waals surface area (Å²) in [6.07, 6.45) is 3.40. The van der Waals surface area contributed by atoms with Gasteiger partial charge in [-0.25, -0.2) is 4.79 Å². The SMILES string of the molecule is CCOC(=O)c1cc[n+](C(C)C(=O)c2ccc(Cl)cc2)cc1. The molecule has 0 aliphatic rings. The van der Waals surface area contributed by atoms with Gasteiger partial charge in [-0.05, 0) is 31.2 Å². The molecule has 0 spiro atoms. The zero-order chi connectivity index (χ0) is 16.1. The first kappa shape index (κ1) is 16.2. The van der Waals surface area contributed by atoms with Crippen LogP contribution in [0.25, 0.3) is 0 Å². The second-order valence-corrected chi connectivity index (χ2v) is 5.24. The van der Waals surface area contributed by atoms with Gasteiger partial charge in [0.2, 0.25) is 11.8 Å². The van der Waals surface area contributed by atoms with E-state index in [0.29, 0.717) is 22.8 Å². The minimum absolute atomic E-state index is 0.0226. The highest BCUT2D eigenvalue weighted by atomic mass is 35.5. The number of ether oxygens (including phenoxy) is 1. The number of hydrogen-bond donors (Lipinski definition) is 0. The van der Waals surface area contributed by atoms with Crippen LogP contribution in [-0.2, 0) is 4.74 Å². The zero-order valence-corrected chi connectivity index (χ0v) is 13.2. The third kappa shape index (κ3) is 3.71. The van der Waals surface area contributed by atoms with E-state index in [9.17, 15) is 9.59 Å².